The second kappa shape index (κ2) is 6.72. The third-order valence-corrected chi connectivity index (χ3v) is 5.25. The Labute approximate surface area is 163 Å². The van der Waals surface area contributed by atoms with Gasteiger partial charge in [0.1, 0.15) is 22.7 Å². The molecule has 2 N–H and O–H groups in total. The SMILES string of the molecule is CCOc1ccc2nc(SCc3nc4c(oc5ccccc54)c(=O)[nH]3)[nH]c2c1. The molecular weight excluding hydrogens is 376 g/mol. The lowest BCUT2D eigenvalue weighted by atomic mass is 10.2. The van der Waals surface area contributed by atoms with E-state index in [9.17, 15) is 4.79 Å². The summed E-state index contributed by atoms with van der Waals surface area (Å²) in [4.78, 5) is 27.6. The topological polar surface area (TPSA) is 96.8 Å². The van der Waals surface area contributed by atoms with Crippen molar-refractivity contribution in [3.63, 3.8) is 0 Å². The van der Waals surface area contributed by atoms with Crippen molar-refractivity contribution in [3.8, 4) is 5.75 Å². The predicted molar refractivity (Wildman–Crippen MR) is 109 cm³/mol. The Balaban J connectivity index is 1.44. The van der Waals surface area contributed by atoms with Gasteiger partial charge in [-0.2, -0.15) is 0 Å². The Morgan fingerprint density at radius 2 is 2.04 bits per heavy atom. The molecule has 28 heavy (non-hydrogen) atoms. The van der Waals surface area contributed by atoms with Crippen LogP contribution in [0, 0.1) is 0 Å². The molecular formula is C20H16N4O3S. The molecule has 0 unspecified atom stereocenters. The van der Waals surface area contributed by atoms with Crippen molar-refractivity contribution in [1.29, 1.82) is 0 Å². The van der Waals surface area contributed by atoms with Gasteiger partial charge in [0.05, 0.1) is 23.4 Å². The second-order valence-electron chi connectivity index (χ2n) is 6.23. The van der Waals surface area contributed by atoms with Crippen LogP contribution in [0.4, 0.5) is 0 Å². The molecule has 0 aliphatic rings. The molecule has 140 valence electrons. The van der Waals surface area contributed by atoms with Crippen molar-refractivity contribution in [1.82, 2.24) is 19.9 Å². The zero-order chi connectivity index (χ0) is 19.1. The zero-order valence-electron chi connectivity index (χ0n) is 15.0. The summed E-state index contributed by atoms with van der Waals surface area (Å²) in [6.45, 7) is 2.57. The Hall–Kier alpha value is -3.26. The van der Waals surface area contributed by atoms with E-state index in [0.717, 1.165) is 27.3 Å². The molecule has 3 aromatic heterocycles. The van der Waals surface area contributed by atoms with Crippen molar-refractivity contribution in [2.75, 3.05) is 6.61 Å². The number of hydrogen-bond donors (Lipinski definition) is 2. The number of aromatic amines is 2. The summed E-state index contributed by atoms with van der Waals surface area (Å²) in [6.07, 6.45) is 0. The highest BCUT2D eigenvalue weighted by atomic mass is 32.2. The number of rotatable bonds is 5. The third-order valence-electron chi connectivity index (χ3n) is 4.37. The first-order valence-electron chi connectivity index (χ1n) is 8.87. The van der Waals surface area contributed by atoms with E-state index in [0.29, 0.717) is 29.3 Å². The molecule has 0 saturated carbocycles. The van der Waals surface area contributed by atoms with E-state index in [4.69, 9.17) is 9.15 Å². The van der Waals surface area contributed by atoms with Crippen molar-refractivity contribution in [2.24, 2.45) is 0 Å². The van der Waals surface area contributed by atoms with Crippen molar-refractivity contribution >= 4 is 44.9 Å². The molecule has 0 amide bonds. The minimum Gasteiger partial charge on any atom is -0.494 e. The quantitative estimate of drug-likeness (QED) is 0.434. The lowest BCUT2D eigenvalue weighted by Gasteiger charge is -2.00. The number of ether oxygens (including phenoxy) is 1. The fourth-order valence-corrected chi connectivity index (χ4v) is 3.90. The number of furan rings is 1. The standard InChI is InChI=1S/C20H16N4O3S/c1-2-26-11-7-8-13-14(9-11)22-20(21-13)28-10-16-23-17-12-5-3-4-6-15(12)27-18(17)19(25)24-16/h3-9H,2,10H2,1H3,(H,21,22)(H,23,24,25). The minimum atomic E-state index is -0.275. The third kappa shape index (κ3) is 2.91. The van der Waals surface area contributed by atoms with E-state index < -0.39 is 0 Å². The normalized spacial score (nSPS) is 11.6. The lowest BCUT2D eigenvalue weighted by Crippen LogP contribution is -2.10. The van der Waals surface area contributed by atoms with Crippen LogP contribution >= 0.6 is 11.8 Å². The average molecular weight is 392 g/mol. The number of aromatic nitrogens is 4. The van der Waals surface area contributed by atoms with E-state index >= 15 is 0 Å². The number of nitrogens with one attached hydrogen (secondary N) is 2. The smallest absolute Gasteiger partial charge is 0.294 e. The summed E-state index contributed by atoms with van der Waals surface area (Å²) < 4.78 is 11.1. The summed E-state index contributed by atoms with van der Waals surface area (Å²) in [6, 6.07) is 13.3. The van der Waals surface area contributed by atoms with E-state index in [1.54, 1.807) is 0 Å². The molecule has 0 atom stereocenters. The maximum Gasteiger partial charge on any atom is 0.294 e. The second-order valence-corrected chi connectivity index (χ2v) is 7.20. The van der Waals surface area contributed by atoms with Crippen molar-refractivity contribution < 1.29 is 9.15 Å². The summed E-state index contributed by atoms with van der Waals surface area (Å²) in [5, 5.41) is 1.59. The zero-order valence-corrected chi connectivity index (χ0v) is 15.8. The number of H-pyrrole nitrogens is 2. The predicted octanol–water partition coefficient (Wildman–Crippen LogP) is 4.24. The van der Waals surface area contributed by atoms with Crippen LogP contribution in [-0.4, -0.2) is 26.5 Å². The molecule has 0 spiro atoms. The molecule has 8 heteroatoms. The average Bonchev–Trinajstić information content (AvgIpc) is 3.28. The van der Waals surface area contributed by atoms with Gasteiger partial charge in [0.2, 0.25) is 5.58 Å². The van der Waals surface area contributed by atoms with E-state index in [1.165, 1.54) is 11.8 Å². The van der Waals surface area contributed by atoms with Crippen molar-refractivity contribution in [3.05, 3.63) is 58.6 Å². The number of fused-ring (bicyclic) bond motifs is 4. The number of nitrogens with zero attached hydrogens (tertiary/aromatic N) is 2. The summed E-state index contributed by atoms with van der Waals surface area (Å²) in [5.74, 6) is 1.85. The molecule has 0 saturated heterocycles. The Morgan fingerprint density at radius 1 is 1.14 bits per heavy atom. The summed E-state index contributed by atoms with van der Waals surface area (Å²) in [5.41, 5.74) is 2.99. The molecule has 5 aromatic rings. The molecule has 0 aliphatic heterocycles. The highest BCUT2D eigenvalue weighted by Gasteiger charge is 2.13. The van der Waals surface area contributed by atoms with Crippen LogP contribution in [0.3, 0.4) is 0 Å². The fourth-order valence-electron chi connectivity index (χ4n) is 3.14. The van der Waals surface area contributed by atoms with Gasteiger partial charge in [-0.05, 0) is 31.2 Å². The molecule has 7 nitrogen and oxygen atoms in total. The number of imidazole rings is 1. The molecule has 2 aromatic carbocycles. The monoisotopic (exact) mass is 392 g/mol. The Kier molecular flexibility index (Phi) is 4.05. The first-order valence-corrected chi connectivity index (χ1v) is 9.85. The molecule has 3 heterocycles. The number of para-hydroxylation sites is 1. The minimum absolute atomic E-state index is 0.252. The molecule has 0 bridgehead atoms. The Morgan fingerprint density at radius 3 is 2.93 bits per heavy atom. The van der Waals surface area contributed by atoms with Crippen LogP contribution in [0.25, 0.3) is 33.1 Å². The summed E-state index contributed by atoms with van der Waals surface area (Å²) in [7, 11) is 0. The lowest BCUT2D eigenvalue weighted by molar-refractivity contribution is 0.340. The van der Waals surface area contributed by atoms with Crippen LogP contribution in [0.2, 0.25) is 0 Å². The van der Waals surface area contributed by atoms with Crippen LogP contribution in [0.5, 0.6) is 5.75 Å². The molecule has 0 fully saturated rings. The number of hydrogen-bond acceptors (Lipinski definition) is 6. The van der Waals surface area contributed by atoms with Gasteiger partial charge in [0.25, 0.3) is 5.56 Å². The maximum atomic E-state index is 12.4. The van der Waals surface area contributed by atoms with Crippen LogP contribution < -0.4 is 10.3 Å². The molecule has 0 aliphatic carbocycles. The van der Waals surface area contributed by atoms with Gasteiger partial charge in [0, 0.05) is 11.5 Å². The van der Waals surface area contributed by atoms with Crippen molar-refractivity contribution in [2.45, 2.75) is 17.8 Å². The first-order chi connectivity index (χ1) is 13.7. The van der Waals surface area contributed by atoms with Gasteiger partial charge >= 0.3 is 0 Å². The molecule has 0 radical (unpaired) electrons. The van der Waals surface area contributed by atoms with Gasteiger partial charge in [-0.1, -0.05) is 23.9 Å². The van der Waals surface area contributed by atoms with Gasteiger partial charge in [0.15, 0.2) is 5.16 Å². The van der Waals surface area contributed by atoms with Gasteiger partial charge in [-0.15, -0.1) is 0 Å². The van der Waals surface area contributed by atoms with E-state index in [1.807, 2.05) is 49.4 Å². The van der Waals surface area contributed by atoms with E-state index in [2.05, 4.69) is 19.9 Å². The highest BCUT2D eigenvalue weighted by molar-refractivity contribution is 7.98. The maximum absolute atomic E-state index is 12.4. The highest BCUT2D eigenvalue weighted by Crippen LogP contribution is 2.27. The number of benzene rings is 2. The molecule has 5 rings (SSSR count). The van der Waals surface area contributed by atoms with Crippen LogP contribution in [0.1, 0.15) is 12.7 Å². The fraction of sp³-hybridized carbons (Fsp3) is 0.150. The number of thioether (sulfide) groups is 1. The van der Waals surface area contributed by atoms with Crippen LogP contribution in [0.15, 0.2) is 56.8 Å². The van der Waals surface area contributed by atoms with Gasteiger partial charge in [-0.25, -0.2) is 9.97 Å². The van der Waals surface area contributed by atoms with Gasteiger partial charge < -0.3 is 19.1 Å². The Bertz CT molecular complexity index is 1370. The van der Waals surface area contributed by atoms with E-state index in [-0.39, 0.29) is 11.1 Å². The summed E-state index contributed by atoms with van der Waals surface area (Å²) >= 11 is 1.47. The van der Waals surface area contributed by atoms with Crippen LogP contribution in [-0.2, 0) is 5.75 Å². The largest absolute Gasteiger partial charge is 0.494 e. The van der Waals surface area contributed by atoms with Gasteiger partial charge in [-0.3, -0.25) is 4.79 Å². The first kappa shape index (κ1) is 16.9.